The molecule has 0 saturated carbocycles. The SMILES string of the molecule is CC1(C)CC(NC(=S)Nc2ccc(Cl)cc2Cl)CC(C)(C)[NH2+]1. The zero-order valence-corrected chi connectivity index (χ0v) is 15.8. The second kappa shape index (κ2) is 6.52. The third-order valence-corrected chi connectivity index (χ3v) is 4.61. The summed E-state index contributed by atoms with van der Waals surface area (Å²) < 4.78 is 0. The fraction of sp³-hybridized carbons (Fsp3) is 0.562. The number of nitrogens with one attached hydrogen (secondary N) is 2. The van der Waals surface area contributed by atoms with Crippen molar-refractivity contribution in [1.29, 1.82) is 0 Å². The fourth-order valence-corrected chi connectivity index (χ4v) is 4.29. The minimum absolute atomic E-state index is 0.201. The number of quaternary nitrogens is 1. The van der Waals surface area contributed by atoms with E-state index in [0.717, 1.165) is 18.5 Å². The Hall–Kier alpha value is -0.550. The highest BCUT2D eigenvalue weighted by Gasteiger charge is 2.41. The molecule has 1 aromatic carbocycles. The lowest BCUT2D eigenvalue weighted by Crippen LogP contribution is -3.06. The largest absolute Gasteiger partial charge is 0.359 e. The molecule has 1 heterocycles. The molecule has 4 N–H and O–H groups in total. The molecule has 6 heteroatoms. The molecule has 0 unspecified atom stereocenters. The molecule has 0 spiro atoms. The maximum atomic E-state index is 6.17. The normalized spacial score (nSPS) is 20.5. The Kier molecular flexibility index (Phi) is 5.27. The van der Waals surface area contributed by atoms with Gasteiger partial charge in [0.1, 0.15) is 0 Å². The van der Waals surface area contributed by atoms with E-state index in [4.69, 9.17) is 35.4 Å². The summed E-state index contributed by atoms with van der Waals surface area (Å²) in [4.78, 5) is 0. The number of hydrogen-bond donors (Lipinski definition) is 3. The Bertz CT molecular complexity index is 557. The quantitative estimate of drug-likeness (QED) is 0.706. The van der Waals surface area contributed by atoms with Crippen LogP contribution in [0, 0.1) is 0 Å². The van der Waals surface area contributed by atoms with Gasteiger partial charge >= 0.3 is 0 Å². The van der Waals surface area contributed by atoms with Crippen LogP contribution in [-0.4, -0.2) is 22.2 Å². The van der Waals surface area contributed by atoms with Crippen LogP contribution >= 0.6 is 35.4 Å². The molecule has 22 heavy (non-hydrogen) atoms. The summed E-state index contributed by atoms with van der Waals surface area (Å²) in [6, 6.07) is 5.68. The summed E-state index contributed by atoms with van der Waals surface area (Å²) in [7, 11) is 0. The molecule has 2 rings (SSSR count). The Morgan fingerprint density at radius 3 is 2.32 bits per heavy atom. The molecule has 0 atom stereocenters. The van der Waals surface area contributed by atoms with Gasteiger partial charge in [0.15, 0.2) is 5.11 Å². The number of halogens is 2. The lowest BCUT2D eigenvalue weighted by atomic mass is 9.80. The van der Waals surface area contributed by atoms with Gasteiger partial charge in [-0.3, -0.25) is 0 Å². The molecular formula is C16H24Cl2N3S+. The van der Waals surface area contributed by atoms with E-state index in [9.17, 15) is 0 Å². The summed E-state index contributed by atoms with van der Waals surface area (Å²) in [6.07, 6.45) is 2.12. The van der Waals surface area contributed by atoms with Gasteiger partial charge in [0.05, 0.1) is 21.8 Å². The first kappa shape index (κ1) is 17.8. The number of nitrogens with two attached hydrogens (primary N) is 1. The lowest BCUT2D eigenvalue weighted by molar-refractivity contribution is -0.787. The van der Waals surface area contributed by atoms with E-state index in [2.05, 4.69) is 43.6 Å². The smallest absolute Gasteiger partial charge is 0.171 e. The summed E-state index contributed by atoms with van der Waals surface area (Å²) in [6.45, 7) is 9.09. The van der Waals surface area contributed by atoms with Gasteiger partial charge in [-0.15, -0.1) is 0 Å². The molecule has 0 radical (unpaired) electrons. The first-order chi connectivity index (χ1) is 10.1. The summed E-state index contributed by atoms with van der Waals surface area (Å²) in [5.41, 5.74) is 1.17. The number of thiocarbonyl (C=S) groups is 1. The maximum Gasteiger partial charge on any atom is 0.171 e. The Morgan fingerprint density at radius 2 is 1.77 bits per heavy atom. The van der Waals surface area contributed by atoms with E-state index < -0.39 is 0 Å². The van der Waals surface area contributed by atoms with Crippen LogP contribution in [0.1, 0.15) is 40.5 Å². The average Bonchev–Trinajstić information content (AvgIpc) is 2.28. The molecule has 0 bridgehead atoms. The van der Waals surface area contributed by atoms with Gasteiger partial charge in [0.2, 0.25) is 0 Å². The third-order valence-electron chi connectivity index (χ3n) is 3.84. The van der Waals surface area contributed by atoms with Gasteiger partial charge < -0.3 is 16.0 Å². The predicted molar refractivity (Wildman–Crippen MR) is 98.9 cm³/mol. The van der Waals surface area contributed by atoms with Crippen molar-refractivity contribution in [3.05, 3.63) is 28.2 Å². The van der Waals surface area contributed by atoms with Crippen molar-refractivity contribution in [1.82, 2.24) is 5.32 Å². The number of hydrogen-bond acceptors (Lipinski definition) is 1. The Balaban J connectivity index is 1.99. The van der Waals surface area contributed by atoms with E-state index in [0.29, 0.717) is 21.2 Å². The number of piperidine rings is 1. The average molecular weight is 361 g/mol. The van der Waals surface area contributed by atoms with Crippen LogP contribution in [0.3, 0.4) is 0 Å². The van der Waals surface area contributed by atoms with Crippen molar-refractivity contribution in [3.8, 4) is 0 Å². The molecule has 1 aliphatic rings. The zero-order chi connectivity index (χ0) is 16.5. The van der Waals surface area contributed by atoms with E-state index in [-0.39, 0.29) is 11.1 Å². The van der Waals surface area contributed by atoms with Crippen LogP contribution < -0.4 is 16.0 Å². The van der Waals surface area contributed by atoms with E-state index in [1.54, 1.807) is 12.1 Å². The topological polar surface area (TPSA) is 40.7 Å². The van der Waals surface area contributed by atoms with Crippen LogP contribution in [0.15, 0.2) is 18.2 Å². The molecule has 1 saturated heterocycles. The predicted octanol–water partition coefficient (Wildman–Crippen LogP) is 3.56. The van der Waals surface area contributed by atoms with Crippen molar-refractivity contribution in [2.24, 2.45) is 0 Å². The van der Waals surface area contributed by atoms with E-state index in [1.165, 1.54) is 0 Å². The van der Waals surface area contributed by atoms with Gasteiger partial charge in [0, 0.05) is 23.9 Å². The first-order valence-electron chi connectivity index (χ1n) is 7.46. The molecule has 0 aromatic heterocycles. The summed E-state index contributed by atoms with van der Waals surface area (Å²) in [5.74, 6) is 0. The van der Waals surface area contributed by atoms with Crippen molar-refractivity contribution >= 4 is 46.2 Å². The van der Waals surface area contributed by atoms with Gasteiger partial charge in [-0.05, 0) is 58.1 Å². The van der Waals surface area contributed by atoms with Crippen molar-refractivity contribution < 1.29 is 5.32 Å². The third kappa shape index (κ3) is 4.98. The van der Waals surface area contributed by atoms with Crippen molar-refractivity contribution in [2.45, 2.75) is 57.7 Å². The van der Waals surface area contributed by atoms with Crippen LogP contribution in [0.5, 0.6) is 0 Å². The maximum absolute atomic E-state index is 6.17. The molecule has 3 nitrogen and oxygen atoms in total. The summed E-state index contributed by atoms with van der Waals surface area (Å²) in [5, 5.41) is 10.8. The summed E-state index contributed by atoms with van der Waals surface area (Å²) >= 11 is 17.5. The van der Waals surface area contributed by atoms with Crippen LogP contribution in [-0.2, 0) is 0 Å². The lowest BCUT2D eigenvalue weighted by Gasteiger charge is -2.43. The van der Waals surface area contributed by atoms with Gasteiger partial charge in [0.25, 0.3) is 0 Å². The number of rotatable bonds is 2. The number of benzene rings is 1. The Morgan fingerprint density at radius 1 is 1.18 bits per heavy atom. The molecule has 0 amide bonds. The van der Waals surface area contributed by atoms with Gasteiger partial charge in [-0.1, -0.05) is 23.2 Å². The highest BCUT2D eigenvalue weighted by Crippen LogP contribution is 2.26. The van der Waals surface area contributed by atoms with Crippen molar-refractivity contribution in [2.75, 3.05) is 5.32 Å². The van der Waals surface area contributed by atoms with Crippen molar-refractivity contribution in [3.63, 3.8) is 0 Å². The van der Waals surface area contributed by atoms with Crippen LogP contribution in [0.2, 0.25) is 10.0 Å². The van der Waals surface area contributed by atoms with E-state index >= 15 is 0 Å². The number of anilines is 1. The molecule has 1 fully saturated rings. The van der Waals surface area contributed by atoms with Crippen LogP contribution in [0.25, 0.3) is 0 Å². The van der Waals surface area contributed by atoms with Crippen LogP contribution in [0.4, 0.5) is 5.69 Å². The second-order valence-corrected chi connectivity index (χ2v) is 8.70. The van der Waals surface area contributed by atoms with Gasteiger partial charge in [-0.2, -0.15) is 0 Å². The highest BCUT2D eigenvalue weighted by atomic mass is 35.5. The first-order valence-corrected chi connectivity index (χ1v) is 8.62. The zero-order valence-electron chi connectivity index (χ0n) is 13.5. The monoisotopic (exact) mass is 360 g/mol. The molecule has 1 aliphatic heterocycles. The highest BCUT2D eigenvalue weighted by molar-refractivity contribution is 7.80. The standard InChI is InChI=1S/C16H23Cl2N3S/c1-15(2)8-11(9-16(3,4)21-15)19-14(22)20-13-6-5-10(17)7-12(13)18/h5-7,11,21H,8-9H2,1-4H3,(H2,19,20,22)/p+1. The fourth-order valence-electron chi connectivity index (χ4n) is 3.55. The molecular weight excluding hydrogens is 337 g/mol. The molecule has 0 aliphatic carbocycles. The molecule has 1 aromatic rings. The Labute approximate surface area is 148 Å². The van der Waals surface area contributed by atoms with Gasteiger partial charge in [-0.25, -0.2) is 0 Å². The molecule has 122 valence electrons. The minimum Gasteiger partial charge on any atom is -0.359 e. The second-order valence-electron chi connectivity index (χ2n) is 7.45. The minimum atomic E-state index is 0.201. The van der Waals surface area contributed by atoms with E-state index in [1.807, 2.05) is 6.07 Å².